The number of carbonyl (C=O) groups is 3. The molecule has 0 radical (unpaired) electrons. The van der Waals surface area contributed by atoms with Gasteiger partial charge in [-0.05, 0) is 38.8 Å². The Kier molecular flexibility index (Phi) is 7.96. The topological polar surface area (TPSA) is 99.1 Å². The first-order valence-electron chi connectivity index (χ1n) is 9.59. The molecule has 0 amide bonds. The van der Waals surface area contributed by atoms with Crippen LogP contribution in [0.25, 0.3) is 0 Å². The van der Waals surface area contributed by atoms with Gasteiger partial charge in [-0.1, -0.05) is 23.8 Å². The minimum Gasteiger partial charge on any atom is -0.462 e. The highest BCUT2D eigenvalue weighted by Crippen LogP contribution is 2.36. The fraction of sp³-hybridized carbons (Fsp3) is 0.500. The van der Waals surface area contributed by atoms with Gasteiger partial charge in [0, 0.05) is 18.9 Å². The summed E-state index contributed by atoms with van der Waals surface area (Å²) in [6, 6.07) is 0. The molecule has 0 bridgehead atoms. The Morgan fingerprint density at radius 1 is 1.34 bits per heavy atom. The van der Waals surface area contributed by atoms with Crippen molar-refractivity contribution < 1.29 is 33.7 Å². The van der Waals surface area contributed by atoms with Gasteiger partial charge in [0.25, 0.3) is 0 Å². The number of aliphatic hydroxyl groups excluding tert-OH is 1. The lowest BCUT2D eigenvalue weighted by Crippen LogP contribution is -2.34. The van der Waals surface area contributed by atoms with E-state index in [-0.39, 0.29) is 17.8 Å². The standard InChI is InChI=1S/C22H28O7/c1-13-6-5-7-14(2)11-19(20-15(3)21(25)28-18(20)10-13)29-22(26)17(12-23)8-9-27-16(4)24/h7-8,10,18-20,23H,3,5-6,9,11-12H2,1-2,4H3/t18-,19-,20+/m1/s1. The molecule has 2 aliphatic rings. The zero-order valence-corrected chi connectivity index (χ0v) is 17.1. The molecule has 1 aliphatic carbocycles. The predicted octanol–water partition coefficient (Wildman–Crippen LogP) is 2.55. The number of allylic oxidation sites excluding steroid dienone is 2. The number of ether oxygens (including phenoxy) is 3. The smallest absolute Gasteiger partial charge is 0.336 e. The lowest BCUT2D eigenvalue weighted by Gasteiger charge is -2.27. The molecule has 7 heteroatoms. The Balaban J connectivity index is 2.29. The van der Waals surface area contributed by atoms with Gasteiger partial charge < -0.3 is 19.3 Å². The molecule has 1 aliphatic heterocycles. The van der Waals surface area contributed by atoms with E-state index in [1.807, 2.05) is 19.9 Å². The number of aliphatic hydroxyl groups is 1. The van der Waals surface area contributed by atoms with Crippen molar-refractivity contribution in [2.24, 2.45) is 5.92 Å². The van der Waals surface area contributed by atoms with Crippen LogP contribution in [0.15, 0.2) is 47.1 Å². The van der Waals surface area contributed by atoms with Gasteiger partial charge in [-0.25, -0.2) is 9.59 Å². The van der Waals surface area contributed by atoms with E-state index in [2.05, 4.69) is 12.7 Å². The quantitative estimate of drug-likeness (QED) is 0.325. The molecule has 158 valence electrons. The SMILES string of the molecule is C=C1C(=O)O[C@@H]2C=C(C)CCC=C(C)C[C@@H](OC(=O)C(=CCOC(C)=O)CO)[C@@H]12. The summed E-state index contributed by atoms with van der Waals surface area (Å²) in [6.07, 6.45) is 6.14. The van der Waals surface area contributed by atoms with E-state index in [1.54, 1.807) is 0 Å². The molecule has 0 spiro atoms. The fourth-order valence-corrected chi connectivity index (χ4v) is 3.42. The van der Waals surface area contributed by atoms with Gasteiger partial charge >= 0.3 is 17.9 Å². The molecule has 1 saturated heterocycles. The van der Waals surface area contributed by atoms with Crippen molar-refractivity contribution in [1.82, 2.24) is 0 Å². The van der Waals surface area contributed by atoms with Crippen LogP contribution in [0.5, 0.6) is 0 Å². The van der Waals surface area contributed by atoms with E-state index in [1.165, 1.54) is 13.0 Å². The maximum absolute atomic E-state index is 12.6. The molecule has 29 heavy (non-hydrogen) atoms. The Hall–Kier alpha value is -2.67. The Bertz CT molecular complexity index is 772. The normalized spacial score (nSPS) is 25.4. The van der Waals surface area contributed by atoms with E-state index in [9.17, 15) is 19.5 Å². The van der Waals surface area contributed by atoms with Crippen molar-refractivity contribution in [1.29, 1.82) is 0 Å². The molecule has 7 nitrogen and oxygen atoms in total. The predicted molar refractivity (Wildman–Crippen MR) is 106 cm³/mol. The van der Waals surface area contributed by atoms with Crippen LogP contribution < -0.4 is 0 Å². The third-order valence-corrected chi connectivity index (χ3v) is 4.97. The largest absolute Gasteiger partial charge is 0.462 e. The van der Waals surface area contributed by atoms with Crippen LogP contribution in [0.1, 0.15) is 40.0 Å². The molecule has 0 aromatic carbocycles. The van der Waals surface area contributed by atoms with Crippen LogP contribution in [0.2, 0.25) is 0 Å². The monoisotopic (exact) mass is 404 g/mol. The van der Waals surface area contributed by atoms with Crippen molar-refractivity contribution in [2.45, 2.75) is 52.2 Å². The molecule has 2 rings (SSSR count). The van der Waals surface area contributed by atoms with Crippen molar-refractivity contribution in [2.75, 3.05) is 13.2 Å². The van der Waals surface area contributed by atoms with Crippen LogP contribution in [0.4, 0.5) is 0 Å². The Morgan fingerprint density at radius 3 is 2.72 bits per heavy atom. The fourth-order valence-electron chi connectivity index (χ4n) is 3.42. The van der Waals surface area contributed by atoms with Crippen LogP contribution >= 0.6 is 0 Å². The number of hydrogen-bond acceptors (Lipinski definition) is 7. The third-order valence-electron chi connectivity index (χ3n) is 4.97. The van der Waals surface area contributed by atoms with E-state index >= 15 is 0 Å². The summed E-state index contributed by atoms with van der Waals surface area (Å²) in [5, 5.41) is 9.52. The molecular formula is C22H28O7. The maximum atomic E-state index is 12.6. The number of esters is 3. The average Bonchev–Trinajstić information content (AvgIpc) is 2.91. The van der Waals surface area contributed by atoms with Gasteiger partial charge in [-0.2, -0.15) is 0 Å². The average molecular weight is 404 g/mol. The molecule has 3 atom stereocenters. The van der Waals surface area contributed by atoms with Crippen molar-refractivity contribution in [3.8, 4) is 0 Å². The Morgan fingerprint density at radius 2 is 2.07 bits per heavy atom. The van der Waals surface area contributed by atoms with E-state index in [0.29, 0.717) is 6.42 Å². The molecule has 1 fully saturated rings. The zero-order chi connectivity index (χ0) is 21.6. The summed E-state index contributed by atoms with van der Waals surface area (Å²) >= 11 is 0. The van der Waals surface area contributed by atoms with Crippen molar-refractivity contribution in [3.63, 3.8) is 0 Å². The van der Waals surface area contributed by atoms with Crippen LogP contribution in [0, 0.1) is 5.92 Å². The van der Waals surface area contributed by atoms with Crippen LogP contribution in [0.3, 0.4) is 0 Å². The van der Waals surface area contributed by atoms with Gasteiger partial charge in [-0.3, -0.25) is 4.79 Å². The molecule has 0 unspecified atom stereocenters. The second-order valence-electron chi connectivity index (χ2n) is 7.36. The number of rotatable bonds is 5. The minimum absolute atomic E-state index is 0.0240. The third kappa shape index (κ3) is 6.15. The summed E-state index contributed by atoms with van der Waals surface area (Å²) in [7, 11) is 0. The van der Waals surface area contributed by atoms with Crippen LogP contribution in [-0.2, 0) is 28.6 Å². The van der Waals surface area contributed by atoms with Gasteiger partial charge in [-0.15, -0.1) is 0 Å². The van der Waals surface area contributed by atoms with Gasteiger partial charge in [0.05, 0.1) is 18.1 Å². The highest BCUT2D eigenvalue weighted by atomic mass is 16.6. The summed E-state index contributed by atoms with van der Waals surface area (Å²) < 4.78 is 15.9. The van der Waals surface area contributed by atoms with E-state index in [0.717, 1.165) is 24.0 Å². The molecule has 1 heterocycles. The second kappa shape index (κ2) is 10.2. The highest BCUT2D eigenvalue weighted by Gasteiger charge is 2.44. The number of carbonyl (C=O) groups excluding carboxylic acids is 3. The molecular weight excluding hydrogens is 376 g/mol. The number of fused-ring (bicyclic) bond motifs is 1. The summed E-state index contributed by atoms with van der Waals surface area (Å²) in [5.74, 6) is -2.25. The second-order valence-corrected chi connectivity index (χ2v) is 7.36. The zero-order valence-electron chi connectivity index (χ0n) is 17.1. The van der Waals surface area contributed by atoms with Gasteiger partial charge in [0.2, 0.25) is 0 Å². The molecule has 0 aromatic rings. The first kappa shape index (κ1) is 22.6. The lowest BCUT2D eigenvalue weighted by atomic mass is 9.85. The van der Waals surface area contributed by atoms with E-state index in [4.69, 9.17) is 14.2 Å². The summed E-state index contributed by atoms with van der Waals surface area (Å²) in [6.45, 7) is 8.31. The van der Waals surface area contributed by atoms with E-state index < -0.39 is 42.6 Å². The molecule has 0 aromatic heterocycles. The van der Waals surface area contributed by atoms with Crippen molar-refractivity contribution in [3.05, 3.63) is 47.1 Å². The first-order chi connectivity index (χ1) is 13.7. The Labute approximate surface area is 170 Å². The molecule has 0 saturated carbocycles. The first-order valence-corrected chi connectivity index (χ1v) is 9.59. The van der Waals surface area contributed by atoms with Crippen LogP contribution in [-0.4, -0.2) is 48.4 Å². The number of hydrogen-bond donors (Lipinski definition) is 1. The van der Waals surface area contributed by atoms with Gasteiger partial charge in [0.1, 0.15) is 18.8 Å². The summed E-state index contributed by atoms with van der Waals surface area (Å²) in [4.78, 5) is 35.7. The lowest BCUT2D eigenvalue weighted by molar-refractivity contribution is -0.148. The van der Waals surface area contributed by atoms with Crippen molar-refractivity contribution >= 4 is 17.9 Å². The van der Waals surface area contributed by atoms with Gasteiger partial charge in [0.15, 0.2) is 0 Å². The minimum atomic E-state index is -0.735. The summed E-state index contributed by atoms with van der Waals surface area (Å²) in [5.41, 5.74) is 2.34. The highest BCUT2D eigenvalue weighted by molar-refractivity contribution is 5.92. The molecule has 1 N–H and O–H groups in total. The maximum Gasteiger partial charge on any atom is 0.336 e.